The molecule has 100 valence electrons. The third-order valence-electron chi connectivity index (χ3n) is 2.99. The number of carbonyl (C=O) groups is 1. The van der Waals surface area contributed by atoms with Gasteiger partial charge in [0.1, 0.15) is 5.82 Å². The van der Waals surface area contributed by atoms with Crippen LogP contribution in [0.3, 0.4) is 0 Å². The fraction of sp³-hybridized carbons (Fsp3) is 0.333. The minimum atomic E-state index is -0.0165. The van der Waals surface area contributed by atoms with E-state index >= 15 is 0 Å². The van der Waals surface area contributed by atoms with Crippen LogP contribution < -0.4 is 5.32 Å². The summed E-state index contributed by atoms with van der Waals surface area (Å²) in [6.45, 7) is 8.66. The largest absolute Gasteiger partial charge is 0.349 e. The SMILES string of the molecule is C=CCn1c(CNC(=O)C(C)C)nc2ccccc21. The molecule has 1 heterocycles. The highest BCUT2D eigenvalue weighted by atomic mass is 16.1. The van der Waals surface area contributed by atoms with E-state index in [4.69, 9.17) is 0 Å². The zero-order valence-corrected chi connectivity index (χ0v) is 11.4. The molecule has 1 N–H and O–H groups in total. The van der Waals surface area contributed by atoms with Gasteiger partial charge in [0.15, 0.2) is 0 Å². The van der Waals surface area contributed by atoms with Gasteiger partial charge in [-0.2, -0.15) is 0 Å². The number of aromatic nitrogens is 2. The van der Waals surface area contributed by atoms with E-state index in [0.29, 0.717) is 13.1 Å². The van der Waals surface area contributed by atoms with Crippen LogP contribution in [0.5, 0.6) is 0 Å². The molecular weight excluding hydrogens is 238 g/mol. The number of rotatable bonds is 5. The van der Waals surface area contributed by atoms with E-state index in [1.54, 1.807) is 0 Å². The summed E-state index contributed by atoms with van der Waals surface area (Å²) in [5, 5.41) is 2.90. The summed E-state index contributed by atoms with van der Waals surface area (Å²) in [5.41, 5.74) is 2.01. The Morgan fingerprint density at radius 1 is 1.47 bits per heavy atom. The molecule has 0 unspecified atom stereocenters. The highest BCUT2D eigenvalue weighted by Crippen LogP contribution is 2.16. The predicted molar refractivity (Wildman–Crippen MR) is 76.6 cm³/mol. The Morgan fingerprint density at radius 2 is 2.21 bits per heavy atom. The Balaban J connectivity index is 2.28. The van der Waals surface area contributed by atoms with E-state index in [9.17, 15) is 4.79 Å². The molecule has 1 aromatic heterocycles. The number of allylic oxidation sites excluding steroid dienone is 1. The number of fused-ring (bicyclic) bond motifs is 1. The molecule has 0 fully saturated rings. The van der Waals surface area contributed by atoms with Crippen LogP contribution in [-0.2, 0) is 17.9 Å². The molecule has 1 amide bonds. The van der Waals surface area contributed by atoms with Crippen molar-refractivity contribution in [3.8, 4) is 0 Å². The highest BCUT2D eigenvalue weighted by molar-refractivity contribution is 5.78. The number of para-hydroxylation sites is 2. The van der Waals surface area contributed by atoms with Gasteiger partial charge in [0, 0.05) is 12.5 Å². The molecule has 1 aromatic carbocycles. The number of hydrogen-bond donors (Lipinski definition) is 1. The van der Waals surface area contributed by atoms with Crippen LogP contribution in [0, 0.1) is 5.92 Å². The van der Waals surface area contributed by atoms with Gasteiger partial charge in [0.2, 0.25) is 5.91 Å². The normalized spacial score (nSPS) is 10.9. The third-order valence-corrected chi connectivity index (χ3v) is 2.99. The second kappa shape index (κ2) is 5.69. The Labute approximate surface area is 113 Å². The van der Waals surface area contributed by atoms with Gasteiger partial charge in [0.05, 0.1) is 17.6 Å². The maximum Gasteiger partial charge on any atom is 0.222 e. The van der Waals surface area contributed by atoms with Gasteiger partial charge in [-0.15, -0.1) is 6.58 Å². The first-order valence-electron chi connectivity index (χ1n) is 6.46. The zero-order valence-electron chi connectivity index (χ0n) is 11.4. The van der Waals surface area contributed by atoms with Crippen molar-refractivity contribution in [2.45, 2.75) is 26.9 Å². The number of imidazole rings is 1. The van der Waals surface area contributed by atoms with Gasteiger partial charge in [-0.3, -0.25) is 4.79 Å². The lowest BCUT2D eigenvalue weighted by Gasteiger charge is -2.09. The summed E-state index contributed by atoms with van der Waals surface area (Å²) in [7, 11) is 0. The summed E-state index contributed by atoms with van der Waals surface area (Å²) >= 11 is 0. The maximum atomic E-state index is 11.6. The number of amides is 1. The van der Waals surface area contributed by atoms with Crippen molar-refractivity contribution >= 4 is 16.9 Å². The molecule has 4 heteroatoms. The topological polar surface area (TPSA) is 46.9 Å². The number of benzene rings is 1. The van der Waals surface area contributed by atoms with E-state index in [1.165, 1.54) is 0 Å². The quantitative estimate of drug-likeness (QED) is 0.836. The monoisotopic (exact) mass is 257 g/mol. The Bertz CT molecular complexity index is 598. The van der Waals surface area contributed by atoms with Crippen LogP contribution in [0.4, 0.5) is 0 Å². The van der Waals surface area contributed by atoms with Gasteiger partial charge in [0.25, 0.3) is 0 Å². The number of hydrogen-bond acceptors (Lipinski definition) is 2. The average Bonchev–Trinajstić information content (AvgIpc) is 2.75. The molecule has 2 rings (SSSR count). The lowest BCUT2D eigenvalue weighted by atomic mass is 10.2. The number of nitrogens with one attached hydrogen (secondary N) is 1. The molecule has 0 saturated carbocycles. The van der Waals surface area contributed by atoms with Gasteiger partial charge in [-0.05, 0) is 12.1 Å². The molecule has 0 radical (unpaired) electrons. The first-order chi connectivity index (χ1) is 9.13. The lowest BCUT2D eigenvalue weighted by molar-refractivity contribution is -0.124. The van der Waals surface area contributed by atoms with Crippen molar-refractivity contribution in [2.24, 2.45) is 5.92 Å². The summed E-state index contributed by atoms with van der Waals surface area (Å²) in [6.07, 6.45) is 1.84. The molecule has 4 nitrogen and oxygen atoms in total. The molecule has 0 spiro atoms. The summed E-state index contributed by atoms with van der Waals surface area (Å²) in [5.74, 6) is 0.879. The van der Waals surface area contributed by atoms with Crippen molar-refractivity contribution in [1.29, 1.82) is 0 Å². The first kappa shape index (κ1) is 13.3. The molecule has 2 aromatic rings. The van der Waals surface area contributed by atoms with Crippen molar-refractivity contribution in [3.05, 3.63) is 42.7 Å². The van der Waals surface area contributed by atoms with Crippen molar-refractivity contribution in [1.82, 2.24) is 14.9 Å². The molecular formula is C15H19N3O. The lowest BCUT2D eigenvalue weighted by Crippen LogP contribution is -2.28. The van der Waals surface area contributed by atoms with Crippen molar-refractivity contribution in [3.63, 3.8) is 0 Å². The predicted octanol–water partition coefficient (Wildman–Crippen LogP) is 2.49. The van der Waals surface area contributed by atoms with Gasteiger partial charge in [-0.25, -0.2) is 4.98 Å². The Hall–Kier alpha value is -2.10. The Kier molecular flexibility index (Phi) is 4.00. The van der Waals surface area contributed by atoms with E-state index in [1.807, 2.05) is 44.2 Å². The fourth-order valence-electron chi connectivity index (χ4n) is 1.96. The van der Waals surface area contributed by atoms with Gasteiger partial charge >= 0.3 is 0 Å². The minimum absolute atomic E-state index is 0.0165. The van der Waals surface area contributed by atoms with E-state index in [2.05, 4.69) is 21.4 Å². The van der Waals surface area contributed by atoms with Crippen molar-refractivity contribution < 1.29 is 4.79 Å². The standard InChI is InChI=1S/C15H19N3O/c1-4-9-18-13-8-6-5-7-12(13)17-14(18)10-16-15(19)11(2)3/h4-8,11H,1,9-10H2,2-3H3,(H,16,19). The van der Waals surface area contributed by atoms with Gasteiger partial charge < -0.3 is 9.88 Å². The molecule has 0 saturated heterocycles. The summed E-state index contributed by atoms with van der Waals surface area (Å²) in [4.78, 5) is 16.2. The maximum absolute atomic E-state index is 11.6. The second-order valence-electron chi connectivity index (χ2n) is 4.79. The molecule has 0 aliphatic heterocycles. The average molecular weight is 257 g/mol. The number of carbonyl (C=O) groups excluding carboxylic acids is 1. The van der Waals surface area contributed by atoms with E-state index in [-0.39, 0.29) is 11.8 Å². The summed E-state index contributed by atoms with van der Waals surface area (Å²) in [6, 6.07) is 7.95. The molecule has 0 aliphatic carbocycles. The van der Waals surface area contributed by atoms with Crippen LogP contribution in [0.1, 0.15) is 19.7 Å². The Morgan fingerprint density at radius 3 is 2.89 bits per heavy atom. The van der Waals surface area contributed by atoms with Crippen LogP contribution in [0.15, 0.2) is 36.9 Å². The van der Waals surface area contributed by atoms with Crippen LogP contribution >= 0.6 is 0 Å². The van der Waals surface area contributed by atoms with Gasteiger partial charge in [-0.1, -0.05) is 32.1 Å². The van der Waals surface area contributed by atoms with E-state index in [0.717, 1.165) is 16.9 Å². The molecule has 0 atom stereocenters. The van der Waals surface area contributed by atoms with Crippen LogP contribution in [-0.4, -0.2) is 15.5 Å². The van der Waals surface area contributed by atoms with Crippen LogP contribution in [0.2, 0.25) is 0 Å². The molecule has 0 bridgehead atoms. The fourth-order valence-corrected chi connectivity index (χ4v) is 1.96. The highest BCUT2D eigenvalue weighted by Gasteiger charge is 2.11. The molecule has 0 aliphatic rings. The first-order valence-corrected chi connectivity index (χ1v) is 6.46. The van der Waals surface area contributed by atoms with Crippen molar-refractivity contribution in [2.75, 3.05) is 0 Å². The number of nitrogens with zero attached hydrogens (tertiary/aromatic N) is 2. The van der Waals surface area contributed by atoms with Crippen LogP contribution in [0.25, 0.3) is 11.0 Å². The zero-order chi connectivity index (χ0) is 13.8. The third kappa shape index (κ3) is 2.84. The second-order valence-corrected chi connectivity index (χ2v) is 4.79. The van der Waals surface area contributed by atoms with E-state index < -0.39 is 0 Å². The smallest absolute Gasteiger partial charge is 0.222 e. The summed E-state index contributed by atoms with van der Waals surface area (Å²) < 4.78 is 2.07. The molecule has 19 heavy (non-hydrogen) atoms. The minimum Gasteiger partial charge on any atom is -0.349 e.